The molecule has 3 aromatic rings. The van der Waals surface area contributed by atoms with Crippen molar-refractivity contribution in [3.8, 4) is 17.5 Å². The van der Waals surface area contributed by atoms with Crippen LogP contribution in [0.4, 0.5) is 10.1 Å². The quantitative estimate of drug-likeness (QED) is 0.585. The minimum absolute atomic E-state index is 0.140. The first-order valence-corrected chi connectivity index (χ1v) is 11.4. The summed E-state index contributed by atoms with van der Waals surface area (Å²) in [6.07, 6.45) is 5.29. The summed E-state index contributed by atoms with van der Waals surface area (Å²) in [6.45, 7) is 5.21. The molecular formula is C24H28FN7O. The Morgan fingerprint density at radius 2 is 2.09 bits per heavy atom. The van der Waals surface area contributed by atoms with Crippen LogP contribution in [0.25, 0.3) is 11.4 Å². The maximum Gasteiger partial charge on any atom is 0.224 e. The molecule has 1 aliphatic rings. The average Bonchev–Trinajstić information content (AvgIpc) is 3.21. The number of anilines is 1. The molecule has 8 nitrogen and oxygen atoms in total. The van der Waals surface area contributed by atoms with Crippen molar-refractivity contribution in [2.75, 3.05) is 5.32 Å². The van der Waals surface area contributed by atoms with E-state index in [-0.39, 0.29) is 18.0 Å². The molecule has 0 saturated carbocycles. The van der Waals surface area contributed by atoms with E-state index in [0.717, 1.165) is 60.6 Å². The number of carbonyl (C=O) groups excluding carboxylic acids is 1. The highest BCUT2D eigenvalue weighted by atomic mass is 19.1. The number of aryl methyl sites for hydroxylation is 3. The summed E-state index contributed by atoms with van der Waals surface area (Å²) in [5.74, 6) is 0.908. The Labute approximate surface area is 192 Å². The summed E-state index contributed by atoms with van der Waals surface area (Å²) in [4.78, 5) is 12.6. The first kappa shape index (κ1) is 22.6. The number of hydrogen-bond donors (Lipinski definition) is 1. The predicted octanol–water partition coefficient (Wildman–Crippen LogP) is 4.11. The summed E-state index contributed by atoms with van der Waals surface area (Å²) in [7, 11) is 0. The van der Waals surface area contributed by atoms with Gasteiger partial charge in [0.1, 0.15) is 11.6 Å². The topological polar surface area (TPSA) is 101 Å². The van der Waals surface area contributed by atoms with Gasteiger partial charge in [-0.2, -0.15) is 10.4 Å². The van der Waals surface area contributed by atoms with E-state index < -0.39 is 5.82 Å². The predicted molar refractivity (Wildman–Crippen MR) is 122 cm³/mol. The maximum atomic E-state index is 14.5. The van der Waals surface area contributed by atoms with Crippen LogP contribution in [0.1, 0.15) is 54.9 Å². The van der Waals surface area contributed by atoms with Crippen LogP contribution >= 0.6 is 0 Å². The molecule has 0 fully saturated rings. The van der Waals surface area contributed by atoms with Gasteiger partial charge < -0.3 is 9.88 Å². The first-order valence-electron chi connectivity index (χ1n) is 11.4. The van der Waals surface area contributed by atoms with Crippen molar-refractivity contribution in [2.45, 2.75) is 71.9 Å². The lowest BCUT2D eigenvalue weighted by atomic mass is 10.1. The molecule has 1 amide bonds. The van der Waals surface area contributed by atoms with E-state index in [2.05, 4.69) is 31.2 Å². The smallest absolute Gasteiger partial charge is 0.224 e. The third-order valence-electron chi connectivity index (χ3n) is 6.18. The molecule has 4 rings (SSSR count). The van der Waals surface area contributed by atoms with Crippen molar-refractivity contribution in [1.82, 2.24) is 24.5 Å². The van der Waals surface area contributed by atoms with E-state index in [1.54, 1.807) is 16.8 Å². The van der Waals surface area contributed by atoms with Crippen LogP contribution in [0.15, 0.2) is 18.2 Å². The highest BCUT2D eigenvalue weighted by Crippen LogP contribution is 2.27. The monoisotopic (exact) mass is 449 g/mol. The maximum absolute atomic E-state index is 14.5. The third-order valence-corrected chi connectivity index (χ3v) is 6.18. The van der Waals surface area contributed by atoms with Gasteiger partial charge in [-0.3, -0.25) is 9.48 Å². The number of rotatable bonds is 7. The van der Waals surface area contributed by atoms with Crippen molar-refractivity contribution in [3.63, 3.8) is 0 Å². The molecule has 0 radical (unpaired) electrons. The van der Waals surface area contributed by atoms with Gasteiger partial charge in [-0.15, -0.1) is 10.2 Å². The largest absolute Gasteiger partial charge is 0.324 e. The number of benzene rings is 1. The van der Waals surface area contributed by atoms with Gasteiger partial charge in [-0.25, -0.2) is 4.39 Å². The Morgan fingerprint density at radius 3 is 2.91 bits per heavy atom. The summed E-state index contributed by atoms with van der Waals surface area (Å²) in [5, 5.41) is 24.6. The molecule has 1 aromatic carbocycles. The number of amides is 1. The fraction of sp³-hybridized carbons (Fsp3) is 0.458. The number of nitriles is 1. The van der Waals surface area contributed by atoms with Crippen LogP contribution in [-0.2, 0) is 30.7 Å². The molecule has 0 unspecified atom stereocenters. The van der Waals surface area contributed by atoms with E-state index in [0.29, 0.717) is 25.2 Å². The molecule has 0 atom stereocenters. The zero-order chi connectivity index (χ0) is 23.4. The summed E-state index contributed by atoms with van der Waals surface area (Å²) in [5.41, 5.74) is 3.66. The average molecular weight is 450 g/mol. The molecule has 9 heteroatoms. The molecule has 0 spiro atoms. The number of hydrogen-bond acceptors (Lipinski definition) is 5. The number of aromatic nitrogens is 5. The van der Waals surface area contributed by atoms with Crippen LogP contribution in [0.5, 0.6) is 0 Å². The van der Waals surface area contributed by atoms with Crippen molar-refractivity contribution in [1.29, 1.82) is 5.26 Å². The lowest BCUT2D eigenvalue weighted by molar-refractivity contribution is -0.116. The third kappa shape index (κ3) is 4.95. The van der Waals surface area contributed by atoms with E-state index in [4.69, 9.17) is 5.26 Å². The molecule has 1 aliphatic heterocycles. The normalized spacial score (nSPS) is 13.3. The van der Waals surface area contributed by atoms with Gasteiger partial charge in [0.2, 0.25) is 5.91 Å². The van der Waals surface area contributed by atoms with Crippen LogP contribution in [0.3, 0.4) is 0 Å². The summed E-state index contributed by atoms with van der Waals surface area (Å²) >= 11 is 0. The van der Waals surface area contributed by atoms with E-state index in [9.17, 15) is 9.18 Å². The van der Waals surface area contributed by atoms with Crippen LogP contribution < -0.4 is 5.32 Å². The molecule has 3 heterocycles. The van der Waals surface area contributed by atoms with Crippen molar-refractivity contribution in [3.05, 3.63) is 46.8 Å². The zero-order valence-electron chi connectivity index (χ0n) is 19.1. The number of nitrogens with zero attached hydrogens (tertiary/aromatic N) is 6. The Morgan fingerprint density at radius 1 is 1.24 bits per heavy atom. The standard InChI is InChI=1S/C24H28FN7O/c1-16-19(17(2)32(30-16)14-6-12-26)9-11-23(33)27-21-15-18(8-10-20(21)25)24-29-28-22-7-4-3-5-13-31(22)24/h8,10,15H,3-7,9,11,13-14H2,1-2H3,(H,27,33). The van der Waals surface area contributed by atoms with Gasteiger partial charge in [-0.05, 0) is 56.9 Å². The number of nitrogens with one attached hydrogen (secondary N) is 1. The Kier molecular flexibility index (Phi) is 6.82. The molecule has 33 heavy (non-hydrogen) atoms. The lowest BCUT2D eigenvalue weighted by Crippen LogP contribution is -2.14. The molecule has 1 N–H and O–H groups in total. The van der Waals surface area contributed by atoms with E-state index >= 15 is 0 Å². The Balaban J connectivity index is 1.46. The van der Waals surface area contributed by atoms with E-state index in [1.165, 1.54) is 6.07 Å². The number of fused-ring (bicyclic) bond motifs is 1. The highest BCUT2D eigenvalue weighted by Gasteiger charge is 2.18. The minimum Gasteiger partial charge on any atom is -0.324 e. The molecular weight excluding hydrogens is 421 g/mol. The second-order valence-corrected chi connectivity index (χ2v) is 8.43. The van der Waals surface area contributed by atoms with Crippen molar-refractivity contribution >= 4 is 11.6 Å². The Hall–Kier alpha value is -3.54. The SMILES string of the molecule is Cc1nn(CCC#N)c(C)c1CCC(=O)Nc1cc(-c2nnc3n2CCCCC3)ccc1F. The van der Waals surface area contributed by atoms with E-state index in [1.807, 2.05) is 13.8 Å². The number of halogens is 1. The molecule has 0 aliphatic carbocycles. The summed E-state index contributed by atoms with van der Waals surface area (Å²) in [6, 6.07) is 6.78. The molecule has 2 aromatic heterocycles. The zero-order valence-corrected chi connectivity index (χ0v) is 19.1. The highest BCUT2D eigenvalue weighted by molar-refractivity contribution is 5.91. The Bertz CT molecular complexity index is 1200. The lowest BCUT2D eigenvalue weighted by Gasteiger charge is -2.11. The molecule has 0 saturated heterocycles. The fourth-order valence-electron chi connectivity index (χ4n) is 4.38. The first-order chi connectivity index (χ1) is 16.0. The van der Waals surface area contributed by atoms with Crippen LogP contribution in [0.2, 0.25) is 0 Å². The second kappa shape index (κ2) is 9.94. The van der Waals surface area contributed by atoms with Gasteiger partial charge in [0.25, 0.3) is 0 Å². The van der Waals surface area contributed by atoms with Crippen molar-refractivity contribution in [2.24, 2.45) is 0 Å². The van der Waals surface area contributed by atoms with Gasteiger partial charge >= 0.3 is 0 Å². The van der Waals surface area contributed by atoms with Gasteiger partial charge in [0.15, 0.2) is 5.82 Å². The van der Waals surface area contributed by atoms with Crippen LogP contribution in [-0.4, -0.2) is 30.5 Å². The minimum atomic E-state index is -0.487. The van der Waals surface area contributed by atoms with Gasteiger partial charge in [-0.1, -0.05) is 6.42 Å². The fourth-order valence-corrected chi connectivity index (χ4v) is 4.38. The molecule has 172 valence electrons. The van der Waals surface area contributed by atoms with Gasteiger partial charge in [0, 0.05) is 30.6 Å². The van der Waals surface area contributed by atoms with Gasteiger partial charge in [0.05, 0.1) is 30.4 Å². The summed E-state index contributed by atoms with van der Waals surface area (Å²) < 4.78 is 18.4. The van der Waals surface area contributed by atoms with Crippen LogP contribution in [0, 0.1) is 31.0 Å². The number of carbonyl (C=O) groups is 1. The second-order valence-electron chi connectivity index (χ2n) is 8.43. The molecule has 0 bridgehead atoms. The van der Waals surface area contributed by atoms with Crippen molar-refractivity contribution < 1.29 is 9.18 Å².